The quantitative estimate of drug-likeness (QED) is 0.177. The summed E-state index contributed by atoms with van der Waals surface area (Å²) in [6.07, 6.45) is 1.000. The molecule has 0 aliphatic rings. The zero-order valence-corrected chi connectivity index (χ0v) is 28.5. The van der Waals surface area contributed by atoms with Gasteiger partial charge in [0.05, 0.1) is 10.6 Å². The zero-order valence-electron chi connectivity index (χ0n) is 27.7. The molecule has 4 aromatic rings. The van der Waals surface area contributed by atoms with Crippen molar-refractivity contribution in [1.82, 2.24) is 10.2 Å². The fraction of sp³-hybridized carbons (Fsp3) is 0.316. The second kappa shape index (κ2) is 15.2. The highest BCUT2D eigenvalue weighted by atomic mass is 32.2. The van der Waals surface area contributed by atoms with Gasteiger partial charge in [-0.1, -0.05) is 90.8 Å². The summed E-state index contributed by atoms with van der Waals surface area (Å²) in [5, 5.41) is 3.08. The van der Waals surface area contributed by atoms with Crippen molar-refractivity contribution in [3.63, 3.8) is 0 Å². The molecule has 0 bridgehead atoms. The van der Waals surface area contributed by atoms with Crippen molar-refractivity contribution in [2.45, 2.75) is 77.9 Å². The lowest BCUT2D eigenvalue weighted by Gasteiger charge is -2.34. The van der Waals surface area contributed by atoms with E-state index in [2.05, 4.69) is 5.32 Å². The average Bonchev–Trinajstić information content (AvgIpc) is 3.01. The van der Waals surface area contributed by atoms with E-state index in [1.54, 1.807) is 41.3 Å². The van der Waals surface area contributed by atoms with Crippen LogP contribution in [0.3, 0.4) is 0 Å². The van der Waals surface area contributed by atoms with E-state index in [9.17, 15) is 18.0 Å². The number of anilines is 1. The first-order valence-corrected chi connectivity index (χ1v) is 17.2. The van der Waals surface area contributed by atoms with Crippen LogP contribution in [0.5, 0.6) is 0 Å². The third kappa shape index (κ3) is 8.85. The fourth-order valence-corrected chi connectivity index (χ4v) is 6.86. The fourth-order valence-electron chi connectivity index (χ4n) is 5.46. The van der Waals surface area contributed by atoms with E-state index in [0.29, 0.717) is 5.69 Å². The van der Waals surface area contributed by atoms with Crippen LogP contribution in [0.2, 0.25) is 0 Å². The second-order valence-electron chi connectivity index (χ2n) is 12.2. The van der Waals surface area contributed by atoms with Crippen LogP contribution in [-0.4, -0.2) is 43.8 Å². The Hall–Kier alpha value is -4.43. The lowest BCUT2D eigenvalue weighted by molar-refractivity contribution is -0.140. The SMILES string of the molecule is CC[C@@H](C)NC(=O)[C@H](Cc1ccccc1)N(Cc1cccc(C)c1)C(=O)CN(c1cc(C)cc(C)c1)S(=O)(=O)c1ccc(C)cc1. The Balaban J connectivity index is 1.83. The van der Waals surface area contributed by atoms with Crippen molar-refractivity contribution in [1.29, 1.82) is 0 Å². The molecule has 0 saturated carbocycles. The van der Waals surface area contributed by atoms with Crippen LogP contribution in [0.1, 0.15) is 53.6 Å². The van der Waals surface area contributed by atoms with Crippen LogP contribution in [0.25, 0.3) is 0 Å². The molecule has 1 N–H and O–H groups in total. The predicted molar refractivity (Wildman–Crippen MR) is 185 cm³/mol. The molecule has 0 fully saturated rings. The van der Waals surface area contributed by atoms with Gasteiger partial charge in [-0.3, -0.25) is 13.9 Å². The van der Waals surface area contributed by atoms with Crippen LogP contribution in [-0.2, 0) is 32.6 Å². The number of carbonyl (C=O) groups excluding carboxylic acids is 2. The topological polar surface area (TPSA) is 86.8 Å². The number of nitrogens with zero attached hydrogens (tertiary/aromatic N) is 2. The van der Waals surface area contributed by atoms with Gasteiger partial charge in [0.2, 0.25) is 11.8 Å². The van der Waals surface area contributed by atoms with E-state index in [0.717, 1.165) is 39.8 Å². The minimum absolute atomic E-state index is 0.0886. The lowest BCUT2D eigenvalue weighted by Crippen LogP contribution is -2.54. The van der Waals surface area contributed by atoms with Crippen molar-refractivity contribution in [3.8, 4) is 0 Å². The van der Waals surface area contributed by atoms with Crippen molar-refractivity contribution in [2.24, 2.45) is 0 Å². The molecule has 0 radical (unpaired) electrons. The Bertz CT molecular complexity index is 1730. The molecular formula is C38H45N3O4S. The lowest BCUT2D eigenvalue weighted by atomic mass is 10.0. The summed E-state index contributed by atoms with van der Waals surface area (Å²) in [5.41, 5.74) is 5.83. The molecule has 0 saturated heterocycles. The molecule has 0 heterocycles. The van der Waals surface area contributed by atoms with E-state index >= 15 is 0 Å². The molecule has 242 valence electrons. The highest BCUT2D eigenvalue weighted by Gasteiger charge is 2.35. The van der Waals surface area contributed by atoms with Crippen LogP contribution in [0.15, 0.2) is 102 Å². The smallest absolute Gasteiger partial charge is 0.264 e. The van der Waals surface area contributed by atoms with Crippen molar-refractivity contribution in [2.75, 3.05) is 10.8 Å². The number of hydrogen-bond donors (Lipinski definition) is 1. The maximum absolute atomic E-state index is 14.6. The second-order valence-corrected chi connectivity index (χ2v) is 14.1. The van der Waals surface area contributed by atoms with Gasteiger partial charge in [-0.15, -0.1) is 0 Å². The molecule has 8 heteroatoms. The van der Waals surface area contributed by atoms with E-state index < -0.39 is 28.5 Å². The van der Waals surface area contributed by atoms with Crippen LogP contribution in [0, 0.1) is 27.7 Å². The Morgan fingerprint density at radius 1 is 0.739 bits per heavy atom. The van der Waals surface area contributed by atoms with E-state index in [-0.39, 0.29) is 29.8 Å². The third-order valence-corrected chi connectivity index (χ3v) is 9.88. The maximum atomic E-state index is 14.6. The Kier molecular flexibility index (Phi) is 11.4. The summed E-state index contributed by atoms with van der Waals surface area (Å²) >= 11 is 0. The minimum atomic E-state index is -4.16. The zero-order chi connectivity index (χ0) is 33.4. The molecule has 0 spiro atoms. The van der Waals surface area contributed by atoms with E-state index in [4.69, 9.17) is 0 Å². The summed E-state index contributed by atoms with van der Waals surface area (Å²) < 4.78 is 29.7. The number of aryl methyl sites for hydroxylation is 4. The molecule has 4 rings (SSSR count). The predicted octanol–water partition coefficient (Wildman–Crippen LogP) is 6.67. The van der Waals surface area contributed by atoms with Crippen molar-refractivity contribution < 1.29 is 18.0 Å². The Labute approximate surface area is 274 Å². The van der Waals surface area contributed by atoms with Gasteiger partial charge < -0.3 is 10.2 Å². The number of sulfonamides is 1. The molecule has 7 nitrogen and oxygen atoms in total. The van der Waals surface area contributed by atoms with Crippen molar-refractivity contribution >= 4 is 27.5 Å². The number of rotatable bonds is 13. The van der Waals surface area contributed by atoms with E-state index in [1.807, 2.05) is 102 Å². The average molecular weight is 640 g/mol. The van der Waals surface area contributed by atoms with Gasteiger partial charge in [-0.2, -0.15) is 0 Å². The molecule has 46 heavy (non-hydrogen) atoms. The maximum Gasteiger partial charge on any atom is 0.264 e. The number of carbonyl (C=O) groups is 2. The van der Waals surface area contributed by atoms with Crippen LogP contribution >= 0.6 is 0 Å². The number of hydrogen-bond acceptors (Lipinski definition) is 4. The highest BCUT2D eigenvalue weighted by molar-refractivity contribution is 7.92. The van der Waals surface area contributed by atoms with Crippen LogP contribution in [0.4, 0.5) is 5.69 Å². The summed E-state index contributed by atoms with van der Waals surface area (Å²) in [6.45, 7) is 11.2. The number of amides is 2. The Morgan fingerprint density at radius 3 is 1.98 bits per heavy atom. The first-order chi connectivity index (χ1) is 21.9. The molecule has 2 amide bonds. The van der Waals surface area contributed by atoms with Gasteiger partial charge in [0, 0.05) is 19.0 Å². The first-order valence-electron chi connectivity index (χ1n) is 15.7. The first kappa shape index (κ1) is 34.4. The number of benzene rings is 4. The molecule has 0 aliphatic carbocycles. The van der Waals surface area contributed by atoms with E-state index in [1.165, 1.54) is 4.31 Å². The normalized spacial score (nSPS) is 12.7. The molecular weight excluding hydrogens is 595 g/mol. The molecule has 0 unspecified atom stereocenters. The van der Waals surface area contributed by atoms with Gasteiger partial charge in [0.25, 0.3) is 10.0 Å². The third-order valence-electron chi connectivity index (χ3n) is 8.09. The largest absolute Gasteiger partial charge is 0.352 e. The summed E-state index contributed by atoms with van der Waals surface area (Å²) in [6, 6.07) is 28.5. The van der Waals surface area contributed by atoms with Gasteiger partial charge in [-0.05, 0) is 87.6 Å². The Morgan fingerprint density at radius 2 is 1.37 bits per heavy atom. The van der Waals surface area contributed by atoms with Gasteiger partial charge in [0.15, 0.2) is 0 Å². The monoisotopic (exact) mass is 639 g/mol. The van der Waals surface area contributed by atoms with Crippen molar-refractivity contribution in [3.05, 3.63) is 130 Å². The summed E-state index contributed by atoms with van der Waals surface area (Å²) in [5.74, 6) is -0.755. The van der Waals surface area contributed by atoms with Crippen LogP contribution < -0.4 is 9.62 Å². The molecule has 2 atom stereocenters. The molecule has 0 aromatic heterocycles. The summed E-state index contributed by atoms with van der Waals surface area (Å²) in [4.78, 5) is 30.3. The molecule has 0 aliphatic heterocycles. The highest BCUT2D eigenvalue weighted by Crippen LogP contribution is 2.27. The van der Waals surface area contributed by atoms with Gasteiger partial charge in [-0.25, -0.2) is 8.42 Å². The number of nitrogens with one attached hydrogen (secondary N) is 1. The minimum Gasteiger partial charge on any atom is -0.352 e. The molecule has 4 aromatic carbocycles. The van der Waals surface area contributed by atoms with Gasteiger partial charge in [0.1, 0.15) is 12.6 Å². The summed E-state index contributed by atoms with van der Waals surface area (Å²) in [7, 11) is -4.16. The standard InChI is InChI=1S/C38H45N3O4S/c1-7-31(6)39-38(43)36(24-32-13-9-8-10-14-32)40(25-33-15-11-12-28(3)21-33)37(42)26-41(34-22-29(4)20-30(5)23-34)46(44,45)35-18-16-27(2)17-19-35/h8-23,31,36H,7,24-26H2,1-6H3,(H,39,43)/t31-,36+/m1/s1. The van der Waals surface area contributed by atoms with Gasteiger partial charge >= 0.3 is 0 Å².